The molecule has 7 nitrogen and oxygen atoms in total. The maximum Gasteiger partial charge on any atom is 0.290 e. The van der Waals surface area contributed by atoms with Crippen molar-refractivity contribution in [2.75, 3.05) is 33.5 Å². The summed E-state index contributed by atoms with van der Waals surface area (Å²) in [5.74, 6) is 0.994. The second-order valence-corrected chi connectivity index (χ2v) is 7.91. The first-order valence-corrected chi connectivity index (χ1v) is 11.4. The van der Waals surface area contributed by atoms with Crippen molar-refractivity contribution in [3.63, 3.8) is 0 Å². The number of carbonyl (C=O) groups excluding carboxylic acids is 1. The molecule has 0 N–H and O–H groups in total. The molecule has 174 valence electrons. The van der Waals surface area contributed by atoms with Crippen LogP contribution in [0.5, 0.6) is 11.5 Å². The van der Waals surface area contributed by atoms with E-state index in [1.807, 2.05) is 25.1 Å². The highest BCUT2D eigenvalue weighted by atomic mass is 16.5. The predicted molar refractivity (Wildman–Crippen MR) is 125 cm³/mol. The van der Waals surface area contributed by atoms with E-state index in [1.54, 1.807) is 36.3 Å². The van der Waals surface area contributed by atoms with E-state index in [-0.39, 0.29) is 17.1 Å². The molecule has 0 unspecified atom stereocenters. The molecule has 1 aliphatic rings. The van der Waals surface area contributed by atoms with Crippen molar-refractivity contribution in [2.24, 2.45) is 0 Å². The summed E-state index contributed by atoms with van der Waals surface area (Å²) in [6, 6.07) is 12.0. The monoisotopic (exact) mass is 451 g/mol. The molecule has 1 amide bonds. The van der Waals surface area contributed by atoms with Crippen molar-refractivity contribution in [1.29, 1.82) is 0 Å². The van der Waals surface area contributed by atoms with Gasteiger partial charge in [0.1, 0.15) is 5.58 Å². The fraction of sp³-hybridized carbons (Fsp3) is 0.385. The van der Waals surface area contributed by atoms with Gasteiger partial charge in [-0.15, -0.1) is 0 Å². The van der Waals surface area contributed by atoms with Gasteiger partial charge in [0, 0.05) is 13.7 Å². The van der Waals surface area contributed by atoms with Crippen LogP contribution in [0.3, 0.4) is 0 Å². The molecule has 0 spiro atoms. The first kappa shape index (κ1) is 22.9. The minimum atomic E-state index is -0.604. The summed E-state index contributed by atoms with van der Waals surface area (Å²) in [5.41, 5.74) is 1.30. The number of hydrogen-bond donors (Lipinski definition) is 0. The number of unbranched alkanes of at least 4 members (excludes halogenated alkanes) is 1. The third-order valence-electron chi connectivity index (χ3n) is 5.75. The standard InChI is InChI=1S/C26H29NO6/c1-4-6-14-32-20-12-11-17(16-21(20)31-5-2)23-22-24(28)18-9-7-8-10-19(18)33-25(22)26(29)27(23)13-15-30-3/h7-12,16,23H,4-6,13-15H2,1-3H3/t23-/m1/s1. The lowest BCUT2D eigenvalue weighted by Gasteiger charge is -2.25. The van der Waals surface area contributed by atoms with Crippen molar-refractivity contribution in [3.8, 4) is 11.5 Å². The van der Waals surface area contributed by atoms with E-state index in [0.29, 0.717) is 54.4 Å². The lowest BCUT2D eigenvalue weighted by Crippen LogP contribution is -2.32. The van der Waals surface area contributed by atoms with Crippen LogP contribution in [-0.4, -0.2) is 44.3 Å². The fourth-order valence-corrected chi connectivity index (χ4v) is 4.14. The Bertz CT molecular complexity index is 1200. The molecule has 0 aliphatic carbocycles. The summed E-state index contributed by atoms with van der Waals surface area (Å²) in [6.07, 6.45) is 1.97. The third kappa shape index (κ3) is 4.33. The average Bonchev–Trinajstić information content (AvgIpc) is 3.11. The summed E-state index contributed by atoms with van der Waals surface area (Å²) in [7, 11) is 1.58. The van der Waals surface area contributed by atoms with Crippen LogP contribution in [0.1, 0.15) is 54.4 Å². The van der Waals surface area contributed by atoms with Gasteiger partial charge in [0.25, 0.3) is 5.91 Å². The quantitative estimate of drug-likeness (QED) is 0.421. The minimum absolute atomic E-state index is 0.0843. The first-order chi connectivity index (χ1) is 16.1. The predicted octanol–water partition coefficient (Wildman–Crippen LogP) is 4.56. The van der Waals surface area contributed by atoms with Gasteiger partial charge >= 0.3 is 0 Å². The Kier molecular flexibility index (Phi) is 6.99. The molecule has 0 saturated heterocycles. The number of para-hydroxylation sites is 1. The van der Waals surface area contributed by atoms with Gasteiger partial charge < -0.3 is 23.5 Å². The van der Waals surface area contributed by atoms with Crippen LogP contribution in [0.25, 0.3) is 11.0 Å². The molecule has 7 heteroatoms. The SMILES string of the molecule is CCCCOc1ccc([C@@H]2c3c(oc4ccccc4c3=O)C(=O)N2CCOC)cc1OCC. The molecule has 0 bridgehead atoms. The fourth-order valence-electron chi connectivity index (χ4n) is 4.14. The van der Waals surface area contributed by atoms with Crippen LogP contribution in [0.2, 0.25) is 0 Å². The van der Waals surface area contributed by atoms with E-state index in [0.717, 1.165) is 18.4 Å². The summed E-state index contributed by atoms with van der Waals surface area (Å²) in [6.45, 7) is 5.72. The van der Waals surface area contributed by atoms with Gasteiger partial charge in [-0.1, -0.05) is 31.5 Å². The van der Waals surface area contributed by atoms with Gasteiger partial charge in [-0.2, -0.15) is 0 Å². The van der Waals surface area contributed by atoms with Crippen LogP contribution in [0, 0.1) is 0 Å². The van der Waals surface area contributed by atoms with E-state index in [9.17, 15) is 9.59 Å². The highest BCUT2D eigenvalue weighted by Gasteiger charge is 2.42. The number of fused-ring (bicyclic) bond motifs is 2. The summed E-state index contributed by atoms with van der Waals surface area (Å²) >= 11 is 0. The van der Waals surface area contributed by atoms with Crippen LogP contribution < -0.4 is 14.9 Å². The van der Waals surface area contributed by atoms with Crippen molar-refractivity contribution in [2.45, 2.75) is 32.7 Å². The molecule has 1 aliphatic heterocycles. The van der Waals surface area contributed by atoms with Crippen molar-refractivity contribution in [3.05, 3.63) is 69.6 Å². The van der Waals surface area contributed by atoms with E-state index in [1.165, 1.54) is 0 Å². The van der Waals surface area contributed by atoms with Crippen LogP contribution in [0.4, 0.5) is 0 Å². The Morgan fingerprint density at radius 2 is 1.82 bits per heavy atom. The van der Waals surface area contributed by atoms with Gasteiger partial charge in [-0.3, -0.25) is 9.59 Å². The van der Waals surface area contributed by atoms with Crippen LogP contribution in [-0.2, 0) is 4.74 Å². The molecular weight excluding hydrogens is 422 g/mol. The minimum Gasteiger partial charge on any atom is -0.490 e. The molecule has 1 atom stereocenters. The first-order valence-electron chi connectivity index (χ1n) is 11.4. The number of carbonyl (C=O) groups is 1. The van der Waals surface area contributed by atoms with E-state index < -0.39 is 6.04 Å². The zero-order valence-electron chi connectivity index (χ0n) is 19.3. The average molecular weight is 452 g/mol. The lowest BCUT2D eigenvalue weighted by molar-refractivity contribution is 0.0663. The zero-order valence-corrected chi connectivity index (χ0v) is 19.3. The number of hydrogen-bond acceptors (Lipinski definition) is 6. The Labute approximate surface area is 192 Å². The second-order valence-electron chi connectivity index (χ2n) is 7.91. The van der Waals surface area contributed by atoms with Crippen molar-refractivity contribution >= 4 is 16.9 Å². The smallest absolute Gasteiger partial charge is 0.290 e. The molecule has 4 rings (SSSR count). The number of ether oxygens (including phenoxy) is 3. The Morgan fingerprint density at radius 3 is 2.58 bits per heavy atom. The summed E-state index contributed by atoms with van der Waals surface area (Å²) in [5, 5.41) is 0.451. The van der Waals surface area contributed by atoms with Gasteiger partial charge in [-0.25, -0.2) is 0 Å². The molecule has 1 aromatic heterocycles. The molecule has 2 heterocycles. The third-order valence-corrected chi connectivity index (χ3v) is 5.75. The summed E-state index contributed by atoms with van der Waals surface area (Å²) < 4.78 is 22.9. The molecule has 3 aromatic rings. The number of rotatable bonds is 10. The molecular formula is C26H29NO6. The normalized spacial score (nSPS) is 15.2. The van der Waals surface area contributed by atoms with Gasteiger partial charge in [0.2, 0.25) is 5.76 Å². The zero-order chi connectivity index (χ0) is 23.4. The van der Waals surface area contributed by atoms with E-state index >= 15 is 0 Å². The highest BCUT2D eigenvalue weighted by Crippen LogP contribution is 2.40. The van der Waals surface area contributed by atoms with Crippen molar-refractivity contribution < 1.29 is 23.4 Å². The number of methoxy groups -OCH3 is 1. The van der Waals surface area contributed by atoms with E-state index in [4.69, 9.17) is 18.6 Å². The highest BCUT2D eigenvalue weighted by molar-refractivity contribution is 5.99. The van der Waals surface area contributed by atoms with Crippen molar-refractivity contribution in [1.82, 2.24) is 4.90 Å². The van der Waals surface area contributed by atoms with Gasteiger partial charge in [0.05, 0.1) is 36.8 Å². The maximum absolute atomic E-state index is 13.5. The lowest BCUT2D eigenvalue weighted by atomic mass is 9.98. The molecule has 0 saturated carbocycles. The van der Waals surface area contributed by atoms with Crippen LogP contribution in [0.15, 0.2) is 51.7 Å². The van der Waals surface area contributed by atoms with Gasteiger partial charge in [-0.05, 0) is 43.2 Å². The van der Waals surface area contributed by atoms with Crippen LogP contribution >= 0.6 is 0 Å². The molecule has 2 aromatic carbocycles. The maximum atomic E-state index is 13.5. The Hall–Kier alpha value is -3.32. The summed E-state index contributed by atoms with van der Waals surface area (Å²) in [4.78, 5) is 28.4. The molecule has 33 heavy (non-hydrogen) atoms. The topological polar surface area (TPSA) is 78.2 Å². The number of amides is 1. The number of nitrogens with zero attached hydrogens (tertiary/aromatic N) is 1. The Balaban J connectivity index is 1.84. The van der Waals surface area contributed by atoms with E-state index in [2.05, 4.69) is 6.92 Å². The second kappa shape index (κ2) is 10.1. The Morgan fingerprint density at radius 1 is 1.00 bits per heavy atom. The van der Waals surface area contributed by atoms with Gasteiger partial charge in [0.15, 0.2) is 16.9 Å². The largest absolute Gasteiger partial charge is 0.490 e. The molecule has 0 radical (unpaired) electrons. The molecule has 0 fully saturated rings. The number of benzene rings is 2.